The van der Waals surface area contributed by atoms with E-state index >= 15 is 0 Å². The molecule has 2 nitrogen and oxygen atoms in total. The molecule has 1 unspecified atom stereocenters. The maximum absolute atomic E-state index is 11.5. The second-order valence-corrected chi connectivity index (χ2v) is 5.68. The Hall–Kier alpha value is -0.970. The third kappa shape index (κ3) is 3.01. The summed E-state index contributed by atoms with van der Waals surface area (Å²) in [5.41, 5.74) is 0.318. The molecule has 1 atom stereocenters. The van der Waals surface area contributed by atoms with Gasteiger partial charge in [0.2, 0.25) is 0 Å². The molecule has 16 heavy (non-hydrogen) atoms. The van der Waals surface area contributed by atoms with E-state index in [0.717, 1.165) is 19.3 Å². The van der Waals surface area contributed by atoms with Gasteiger partial charge in [0.05, 0.1) is 0 Å². The highest BCUT2D eigenvalue weighted by molar-refractivity contribution is 5.88. The lowest BCUT2D eigenvalue weighted by atomic mass is 9.98. The highest BCUT2D eigenvalue weighted by atomic mass is 16.5. The predicted molar refractivity (Wildman–Crippen MR) is 62.6 cm³/mol. The second kappa shape index (κ2) is 4.49. The zero-order chi connectivity index (χ0) is 11.6. The van der Waals surface area contributed by atoms with E-state index in [4.69, 9.17) is 4.74 Å². The average Bonchev–Trinajstić information content (AvgIpc) is 2.85. The molecule has 0 radical (unpaired) electrons. The first-order valence-corrected chi connectivity index (χ1v) is 6.30. The molecule has 2 saturated carbocycles. The van der Waals surface area contributed by atoms with E-state index < -0.39 is 0 Å². The summed E-state index contributed by atoms with van der Waals surface area (Å²) >= 11 is 0. The van der Waals surface area contributed by atoms with Crippen molar-refractivity contribution in [1.82, 2.24) is 0 Å². The van der Waals surface area contributed by atoms with Crippen molar-refractivity contribution in [2.45, 2.75) is 58.5 Å². The number of carbonyl (C=O) groups is 1. The van der Waals surface area contributed by atoms with Crippen LogP contribution in [-0.2, 0) is 9.53 Å². The van der Waals surface area contributed by atoms with E-state index in [1.165, 1.54) is 19.3 Å². The molecule has 88 valence electrons. The van der Waals surface area contributed by atoms with Crippen LogP contribution >= 0.6 is 0 Å². The minimum Gasteiger partial charge on any atom is -0.453 e. The highest BCUT2D eigenvalue weighted by Crippen LogP contribution is 2.50. The Morgan fingerprint density at radius 2 is 1.88 bits per heavy atom. The first-order chi connectivity index (χ1) is 7.58. The number of hydrogen-bond donors (Lipinski definition) is 0. The van der Waals surface area contributed by atoms with Crippen LogP contribution in [0.25, 0.3) is 0 Å². The molecule has 0 spiro atoms. The monoisotopic (exact) mass is 220 g/mol. The second-order valence-electron chi connectivity index (χ2n) is 5.68. The van der Waals surface area contributed by atoms with E-state index in [1.54, 1.807) is 0 Å². The van der Waals surface area contributed by atoms with Crippen LogP contribution in [0.3, 0.4) is 0 Å². The first-order valence-electron chi connectivity index (χ1n) is 6.30. The Labute approximate surface area is 97.7 Å². The van der Waals surface area contributed by atoms with Crippen LogP contribution in [0, 0.1) is 23.2 Å². The first kappa shape index (κ1) is 11.5. The van der Waals surface area contributed by atoms with Gasteiger partial charge in [-0.05, 0) is 37.5 Å². The summed E-state index contributed by atoms with van der Waals surface area (Å²) < 4.78 is 5.33. The van der Waals surface area contributed by atoms with Crippen LogP contribution in [0.5, 0.6) is 0 Å². The molecule has 2 aliphatic carbocycles. The van der Waals surface area contributed by atoms with Gasteiger partial charge in [-0.3, -0.25) is 0 Å². The van der Waals surface area contributed by atoms with Crippen molar-refractivity contribution in [2.24, 2.45) is 11.3 Å². The molecular formula is C14H20O2. The molecule has 0 aromatic rings. The fourth-order valence-electron chi connectivity index (χ4n) is 2.22. The van der Waals surface area contributed by atoms with Crippen LogP contribution in [0.2, 0.25) is 0 Å². The van der Waals surface area contributed by atoms with Crippen molar-refractivity contribution in [1.29, 1.82) is 0 Å². The number of esters is 1. The number of hydrogen-bond acceptors (Lipinski definition) is 2. The Morgan fingerprint density at radius 1 is 1.25 bits per heavy atom. The van der Waals surface area contributed by atoms with Crippen molar-refractivity contribution in [2.75, 3.05) is 0 Å². The summed E-state index contributed by atoms with van der Waals surface area (Å²) in [6.07, 6.45) is 6.90. The molecule has 2 aliphatic rings. The Balaban J connectivity index is 1.75. The third-order valence-electron chi connectivity index (χ3n) is 3.69. The van der Waals surface area contributed by atoms with Gasteiger partial charge in [0, 0.05) is 11.8 Å². The van der Waals surface area contributed by atoms with Crippen molar-refractivity contribution in [3.05, 3.63) is 0 Å². The summed E-state index contributed by atoms with van der Waals surface area (Å²) in [7, 11) is 0. The normalized spacial score (nSPS) is 27.8. The average molecular weight is 220 g/mol. The maximum atomic E-state index is 11.5. The molecule has 0 saturated heterocycles. The molecule has 0 N–H and O–H groups in total. The van der Waals surface area contributed by atoms with Gasteiger partial charge in [-0.1, -0.05) is 26.2 Å². The van der Waals surface area contributed by atoms with E-state index in [0.29, 0.717) is 11.3 Å². The molecule has 0 aromatic carbocycles. The van der Waals surface area contributed by atoms with Gasteiger partial charge in [0.1, 0.15) is 6.10 Å². The Morgan fingerprint density at radius 3 is 2.44 bits per heavy atom. The van der Waals surface area contributed by atoms with Crippen LogP contribution in [0.4, 0.5) is 0 Å². The minimum atomic E-state index is -0.324. The fourth-order valence-corrected chi connectivity index (χ4v) is 2.22. The van der Waals surface area contributed by atoms with Crippen molar-refractivity contribution in [3.63, 3.8) is 0 Å². The molecular weight excluding hydrogens is 200 g/mol. The lowest BCUT2D eigenvalue weighted by Crippen LogP contribution is -2.19. The van der Waals surface area contributed by atoms with Crippen LogP contribution in [0.15, 0.2) is 0 Å². The van der Waals surface area contributed by atoms with Gasteiger partial charge in [-0.15, -0.1) is 0 Å². The van der Waals surface area contributed by atoms with Crippen LogP contribution in [-0.4, -0.2) is 12.1 Å². The van der Waals surface area contributed by atoms with Gasteiger partial charge in [-0.25, -0.2) is 4.79 Å². The SMILES string of the molecule is CC1(C)CC1C#CC(=O)OC1CCCCC1. The van der Waals surface area contributed by atoms with E-state index in [9.17, 15) is 4.79 Å². The van der Waals surface area contributed by atoms with Crippen molar-refractivity contribution in [3.8, 4) is 11.8 Å². The van der Waals surface area contributed by atoms with E-state index in [2.05, 4.69) is 25.7 Å². The van der Waals surface area contributed by atoms with Gasteiger partial charge in [0.25, 0.3) is 0 Å². The fraction of sp³-hybridized carbons (Fsp3) is 0.786. The molecule has 0 aliphatic heterocycles. The number of carbonyl (C=O) groups excluding carboxylic acids is 1. The smallest absolute Gasteiger partial charge is 0.384 e. The lowest BCUT2D eigenvalue weighted by molar-refractivity contribution is -0.143. The molecule has 0 bridgehead atoms. The standard InChI is InChI=1S/C14H20O2/c1-14(2)10-11(14)8-9-13(15)16-12-6-4-3-5-7-12/h11-12H,3-7,10H2,1-2H3. The topological polar surface area (TPSA) is 26.3 Å². The minimum absolute atomic E-state index is 0.128. The van der Waals surface area contributed by atoms with Gasteiger partial charge < -0.3 is 4.74 Å². The maximum Gasteiger partial charge on any atom is 0.384 e. The molecule has 2 rings (SSSR count). The predicted octanol–water partition coefficient (Wildman–Crippen LogP) is 2.91. The van der Waals surface area contributed by atoms with Crippen LogP contribution < -0.4 is 0 Å². The number of ether oxygens (including phenoxy) is 1. The summed E-state index contributed by atoms with van der Waals surface area (Å²) in [5.74, 6) is 5.72. The zero-order valence-electron chi connectivity index (χ0n) is 10.2. The lowest BCUT2D eigenvalue weighted by Gasteiger charge is -2.20. The van der Waals surface area contributed by atoms with Gasteiger partial charge >= 0.3 is 5.97 Å². The Kier molecular flexibility index (Phi) is 3.23. The number of rotatable bonds is 1. The molecule has 0 heterocycles. The highest BCUT2D eigenvalue weighted by Gasteiger charge is 2.44. The Bertz CT molecular complexity index is 326. The van der Waals surface area contributed by atoms with E-state index in [-0.39, 0.29) is 12.1 Å². The van der Waals surface area contributed by atoms with Gasteiger partial charge in [-0.2, -0.15) is 0 Å². The quantitative estimate of drug-likeness (QED) is 0.386. The van der Waals surface area contributed by atoms with Gasteiger partial charge in [0.15, 0.2) is 0 Å². The largest absolute Gasteiger partial charge is 0.453 e. The molecule has 0 amide bonds. The third-order valence-corrected chi connectivity index (χ3v) is 3.69. The summed E-state index contributed by atoms with van der Waals surface area (Å²) in [6, 6.07) is 0. The summed E-state index contributed by atoms with van der Waals surface area (Å²) in [6.45, 7) is 4.36. The summed E-state index contributed by atoms with van der Waals surface area (Å²) in [5, 5.41) is 0. The molecule has 0 aromatic heterocycles. The molecule has 2 fully saturated rings. The molecule has 2 heteroatoms. The van der Waals surface area contributed by atoms with Crippen molar-refractivity contribution < 1.29 is 9.53 Å². The van der Waals surface area contributed by atoms with Crippen molar-refractivity contribution >= 4 is 5.97 Å². The van der Waals surface area contributed by atoms with Crippen LogP contribution in [0.1, 0.15) is 52.4 Å². The summed E-state index contributed by atoms with van der Waals surface area (Å²) in [4.78, 5) is 11.5. The zero-order valence-corrected chi connectivity index (χ0v) is 10.2. The van der Waals surface area contributed by atoms with E-state index in [1.807, 2.05) is 0 Å².